The van der Waals surface area contributed by atoms with Crippen LogP contribution in [0.1, 0.15) is 37.8 Å². The third kappa shape index (κ3) is 4.95. The summed E-state index contributed by atoms with van der Waals surface area (Å²) >= 11 is 0. The summed E-state index contributed by atoms with van der Waals surface area (Å²) in [4.78, 5) is 27.4. The van der Waals surface area contributed by atoms with E-state index >= 15 is 0 Å². The van der Waals surface area contributed by atoms with Gasteiger partial charge in [-0.3, -0.25) is 9.59 Å². The van der Waals surface area contributed by atoms with Crippen LogP contribution in [0.4, 0.5) is 5.69 Å². The number of carbonyl (C=O) groups is 2. The molecule has 0 unspecified atom stereocenters. The number of benzene rings is 2. The molecule has 5 heteroatoms. The monoisotopic (exact) mass is 365 g/mol. The number of hydrogen-bond acceptors (Lipinski definition) is 3. The number of amides is 2. The largest absolute Gasteiger partial charge is 0.344 e. The summed E-state index contributed by atoms with van der Waals surface area (Å²) in [5.74, 6) is -0.265. The van der Waals surface area contributed by atoms with Gasteiger partial charge in [-0.1, -0.05) is 48.5 Å². The summed E-state index contributed by atoms with van der Waals surface area (Å²) in [7, 11) is 0. The van der Waals surface area contributed by atoms with Crippen LogP contribution in [0.15, 0.2) is 54.6 Å². The number of nitrogens with zero attached hydrogens (tertiary/aromatic N) is 1. The van der Waals surface area contributed by atoms with E-state index in [0.717, 1.165) is 23.2 Å². The zero-order valence-electron chi connectivity index (χ0n) is 15.9. The van der Waals surface area contributed by atoms with Crippen molar-refractivity contribution in [2.24, 2.45) is 5.73 Å². The summed E-state index contributed by atoms with van der Waals surface area (Å²) in [5, 5.41) is 2.91. The molecule has 2 aromatic rings. The summed E-state index contributed by atoms with van der Waals surface area (Å²) in [6.07, 6.45) is 1.50. The first-order valence-corrected chi connectivity index (χ1v) is 9.35. The van der Waals surface area contributed by atoms with E-state index in [9.17, 15) is 9.59 Å². The molecule has 3 N–H and O–H groups in total. The number of para-hydroxylation sites is 1. The minimum atomic E-state index is -0.607. The quantitative estimate of drug-likeness (QED) is 0.855. The first-order valence-electron chi connectivity index (χ1n) is 9.35. The van der Waals surface area contributed by atoms with Gasteiger partial charge in [-0.25, -0.2) is 0 Å². The van der Waals surface area contributed by atoms with E-state index < -0.39 is 11.6 Å². The molecular formula is C22H27N3O2. The lowest BCUT2D eigenvalue weighted by atomic mass is 10.0. The number of hydrogen-bond donors (Lipinski definition) is 2. The van der Waals surface area contributed by atoms with E-state index in [0.29, 0.717) is 13.0 Å². The summed E-state index contributed by atoms with van der Waals surface area (Å²) in [6.45, 7) is 4.09. The highest BCUT2D eigenvalue weighted by molar-refractivity contribution is 6.00. The van der Waals surface area contributed by atoms with Crippen LogP contribution in [0.2, 0.25) is 0 Å². The number of anilines is 1. The van der Waals surface area contributed by atoms with E-state index in [4.69, 9.17) is 5.73 Å². The maximum Gasteiger partial charge on any atom is 0.249 e. The molecule has 2 amide bonds. The predicted octanol–water partition coefficient (Wildman–Crippen LogP) is 2.78. The fraction of sp³-hybridized carbons (Fsp3) is 0.364. The van der Waals surface area contributed by atoms with E-state index in [1.165, 1.54) is 0 Å². The van der Waals surface area contributed by atoms with Crippen molar-refractivity contribution in [1.82, 2.24) is 5.32 Å². The van der Waals surface area contributed by atoms with Gasteiger partial charge in [-0.05, 0) is 43.9 Å². The Labute approximate surface area is 160 Å². The molecule has 0 radical (unpaired) electrons. The van der Waals surface area contributed by atoms with Gasteiger partial charge >= 0.3 is 0 Å². The van der Waals surface area contributed by atoms with Crippen LogP contribution in [-0.2, 0) is 22.6 Å². The second kappa shape index (κ2) is 7.92. The Hall–Kier alpha value is -2.66. The fourth-order valence-electron chi connectivity index (χ4n) is 3.44. The number of rotatable bonds is 5. The summed E-state index contributed by atoms with van der Waals surface area (Å²) in [5.41, 5.74) is 8.44. The predicted molar refractivity (Wildman–Crippen MR) is 107 cm³/mol. The zero-order valence-corrected chi connectivity index (χ0v) is 15.9. The lowest BCUT2D eigenvalue weighted by Crippen LogP contribution is -2.49. The van der Waals surface area contributed by atoms with Crippen LogP contribution in [0.5, 0.6) is 0 Å². The molecule has 1 atom stereocenters. The summed E-state index contributed by atoms with van der Waals surface area (Å²) < 4.78 is 0. The van der Waals surface area contributed by atoms with Crippen molar-refractivity contribution in [3.05, 3.63) is 65.7 Å². The van der Waals surface area contributed by atoms with Crippen LogP contribution in [0.25, 0.3) is 0 Å². The van der Waals surface area contributed by atoms with Gasteiger partial charge in [-0.2, -0.15) is 0 Å². The molecule has 1 heterocycles. The van der Waals surface area contributed by atoms with E-state index in [-0.39, 0.29) is 18.2 Å². The van der Waals surface area contributed by atoms with Crippen LogP contribution < -0.4 is 16.0 Å². The third-order valence-electron chi connectivity index (χ3n) is 4.68. The number of nitrogens with two attached hydrogens (primary N) is 1. The van der Waals surface area contributed by atoms with Gasteiger partial charge in [0.1, 0.15) is 6.04 Å². The molecule has 142 valence electrons. The average molecular weight is 365 g/mol. The van der Waals surface area contributed by atoms with Crippen molar-refractivity contribution in [1.29, 1.82) is 0 Å². The Morgan fingerprint density at radius 2 is 1.81 bits per heavy atom. The van der Waals surface area contributed by atoms with Crippen molar-refractivity contribution >= 4 is 17.5 Å². The SMILES string of the molecule is CC(C)(N)CC(=O)N[C@@H]1CCc2ccccc2N(Cc2ccccc2)C1=O. The maximum absolute atomic E-state index is 13.3. The molecule has 0 fully saturated rings. The first-order chi connectivity index (χ1) is 12.8. The maximum atomic E-state index is 13.3. The highest BCUT2D eigenvalue weighted by Crippen LogP contribution is 2.28. The molecule has 27 heavy (non-hydrogen) atoms. The number of fused-ring (bicyclic) bond motifs is 1. The number of carbonyl (C=O) groups excluding carboxylic acids is 2. The molecule has 0 aliphatic carbocycles. The molecule has 5 nitrogen and oxygen atoms in total. The summed E-state index contributed by atoms with van der Waals surface area (Å²) in [6, 6.07) is 17.3. The molecular weight excluding hydrogens is 338 g/mol. The lowest BCUT2D eigenvalue weighted by molar-refractivity contribution is -0.128. The Morgan fingerprint density at radius 1 is 1.15 bits per heavy atom. The number of aryl methyl sites for hydroxylation is 1. The molecule has 0 saturated carbocycles. The van der Waals surface area contributed by atoms with Crippen molar-refractivity contribution in [3.8, 4) is 0 Å². The minimum Gasteiger partial charge on any atom is -0.344 e. The fourth-order valence-corrected chi connectivity index (χ4v) is 3.44. The van der Waals surface area contributed by atoms with Crippen molar-refractivity contribution in [2.75, 3.05) is 4.90 Å². The molecule has 3 rings (SSSR count). The van der Waals surface area contributed by atoms with Gasteiger partial charge in [0.15, 0.2) is 0 Å². The standard InChI is InChI=1S/C22H27N3O2/c1-22(2,23)14-20(26)24-18-13-12-17-10-6-7-11-19(17)25(21(18)27)15-16-8-4-3-5-9-16/h3-11,18H,12-15,23H2,1-2H3,(H,24,26)/t18-/m1/s1. The topological polar surface area (TPSA) is 75.4 Å². The highest BCUT2D eigenvalue weighted by Gasteiger charge is 2.32. The third-order valence-corrected chi connectivity index (χ3v) is 4.68. The molecule has 1 aliphatic rings. The molecule has 1 aliphatic heterocycles. The van der Waals surface area contributed by atoms with E-state index in [1.807, 2.05) is 54.6 Å². The zero-order chi connectivity index (χ0) is 19.4. The minimum absolute atomic E-state index is 0.0769. The van der Waals surface area contributed by atoms with Gasteiger partial charge in [-0.15, -0.1) is 0 Å². The molecule has 0 bridgehead atoms. The van der Waals surface area contributed by atoms with Crippen molar-refractivity contribution < 1.29 is 9.59 Å². The Balaban J connectivity index is 1.85. The molecule has 0 aromatic heterocycles. The lowest BCUT2D eigenvalue weighted by Gasteiger charge is -2.27. The highest BCUT2D eigenvalue weighted by atomic mass is 16.2. The first kappa shape index (κ1) is 19.1. The van der Waals surface area contributed by atoms with E-state index in [2.05, 4.69) is 5.32 Å². The smallest absolute Gasteiger partial charge is 0.249 e. The average Bonchev–Trinajstić information content (AvgIpc) is 2.73. The normalized spacial score (nSPS) is 17.2. The van der Waals surface area contributed by atoms with Crippen molar-refractivity contribution in [3.63, 3.8) is 0 Å². The Kier molecular flexibility index (Phi) is 5.61. The molecule has 0 saturated heterocycles. The van der Waals surface area contributed by atoms with Crippen LogP contribution in [-0.4, -0.2) is 23.4 Å². The number of nitrogens with one attached hydrogen (secondary N) is 1. The van der Waals surface area contributed by atoms with Crippen LogP contribution in [0, 0.1) is 0 Å². The van der Waals surface area contributed by atoms with Gasteiger partial charge in [0.25, 0.3) is 0 Å². The van der Waals surface area contributed by atoms with Crippen LogP contribution >= 0.6 is 0 Å². The van der Waals surface area contributed by atoms with Gasteiger partial charge in [0.05, 0.1) is 6.54 Å². The second-order valence-electron chi connectivity index (χ2n) is 7.86. The van der Waals surface area contributed by atoms with E-state index in [1.54, 1.807) is 18.7 Å². The van der Waals surface area contributed by atoms with Crippen molar-refractivity contribution in [2.45, 2.75) is 51.2 Å². The molecule has 2 aromatic carbocycles. The second-order valence-corrected chi connectivity index (χ2v) is 7.86. The molecule has 0 spiro atoms. The van der Waals surface area contributed by atoms with Gasteiger partial charge in [0.2, 0.25) is 11.8 Å². The van der Waals surface area contributed by atoms with Crippen LogP contribution in [0.3, 0.4) is 0 Å². The van der Waals surface area contributed by atoms with Gasteiger partial charge in [0, 0.05) is 17.6 Å². The Morgan fingerprint density at radius 3 is 2.52 bits per heavy atom. The van der Waals surface area contributed by atoms with Gasteiger partial charge < -0.3 is 16.0 Å². The Bertz CT molecular complexity index is 812.